The number of hydrogen-bond donors (Lipinski definition) is 2. The second-order valence-corrected chi connectivity index (χ2v) is 8.25. The second kappa shape index (κ2) is 6.38. The van der Waals surface area contributed by atoms with E-state index in [1.165, 1.54) is 10.6 Å². The van der Waals surface area contributed by atoms with Crippen LogP contribution in [0.5, 0.6) is 0 Å². The van der Waals surface area contributed by atoms with Crippen molar-refractivity contribution in [1.29, 1.82) is 0 Å². The smallest absolute Gasteiger partial charge is 0.408 e. The number of rotatable bonds is 4. The van der Waals surface area contributed by atoms with Crippen molar-refractivity contribution in [3.63, 3.8) is 0 Å². The average molecular weight is 398 g/mol. The lowest BCUT2D eigenvalue weighted by atomic mass is 10.1. The molecule has 0 saturated carbocycles. The Morgan fingerprint density at radius 1 is 1.11 bits per heavy atom. The van der Waals surface area contributed by atoms with Crippen LogP contribution >= 0.6 is 0 Å². The molecule has 8 nitrogen and oxygen atoms in total. The maximum absolute atomic E-state index is 12.9. The van der Waals surface area contributed by atoms with E-state index < -0.39 is 15.8 Å². The number of sulfonamides is 1. The molecule has 0 atom stereocenters. The predicted octanol–water partition coefficient (Wildman–Crippen LogP) is 2.94. The quantitative estimate of drug-likeness (QED) is 0.549. The number of nitrogens with zero attached hydrogens (tertiary/aromatic N) is 2. The fourth-order valence-corrected chi connectivity index (χ4v) is 4.36. The first kappa shape index (κ1) is 18.1. The molecular weight excluding hydrogens is 380 g/mol. The van der Waals surface area contributed by atoms with Gasteiger partial charge in [0.05, 0.1) is 16.1 Å². The highest BCUT2D eigenvalue weighted by molar-refractivity contribution is 7.92. The van der Waals surface area contributed by atoms with Crippen LogP contribution in [0.2, 0.25) is 0 Å². The number of anilines is 1. The molecule has 4 rings (SSSR count). The molecule has 2 aromatic carbocycles. The normalized spacial score (nSPS) is 11.8. The first-order chi connectivity index (χ1) is 13.3. The van der Waals surface area contributed by atoms with Crippen molar-refractivity contribution in [2.45, 2.75) is 18.7 Å². The van der Waals surface area contributed by atoms with Crippen LogP contribution in [0.3, 0.4) is 0 Å². The summed E-state index contributed by atoms with van der Waals surface area (Å²) >= 11 is 0. The van der Waals surface area contributed by atoms with E-state index in [-0.39, 0.29) is 16.3 Å². The van der Waals surface area contributed by atoms with Crippen molar-refractivity contribution >= 4 is 26.9 Å². The van der Waals surface area contributed by atoms with Gasteiger partial charge in [0.15, 0.2) is 11.4 Å². The van der Waals surface area contributed by atoms with Gasteiger partial charge in [0.25, 0.3) is 10.0 Å². The van der Waals surface area contributed by atoms with E-state index in [1.807, 2.05) is 31.2 Å². The van der Waals surface area contributed by atoms with Crippen LogP contribution in [0, 0.1) is 13.8 Å². The topological polar surface area (TPSA) is 110 Å². The van der Waals surface area contributed by atoms with Crippen LogP contribution in [0.15, 0.2) is 56.6 Å². The van der Waals surface area contributed by atoms with Crippen LogP contribution in [-0.2, 0) is 17.1 Å². The number of aromatic amines is 1. The van der Waals surface area contributed by atoms with Crippen LogP contribution in [-0.4, -0.2) is 23.2 Å². The molecule has 2 heterocycles. The van der Waals surface area contributed by atoms with Crippen molar-refractivity contribution in [3.05, 3.63) is 64.1 Å². The Bertz CT molecular complexity index is 1360. The molecule has 0 aliphatic rings. The molecule has 9 heteroatoms. The molecule has 0 spiro atoms. The third-order valence-electron chi connectivity index (χ3n) is 4.63. The Kier molecular flexibility index (Phi) is 4.11. The minimum Gasteiger partial charge on any atom is -0.408 e. The van der Waals surface area contributed by atoms with Gasteiger partial charge >= 0.3 is 5.76 Å². The van der Waals surface area contributed by atoms with Crippen molar-refractivity contribution in [1.82, 2.24) is 14.8 Å². The molecule has 0 aliphatic heterocycles. The maximum atomic E-state index is 12.9. The monoisotopic (exact) mass is 398 g/mol. The summed E-state index contributed by atoms with van der Waals surface area (Å²) in [7, 11) is -2.36. The van der Waals surface area contributed by atoms with Gasteiger partial charge in [-0.1, -0.05) is 24.3 Å². The van der Waals surface area contributed by atoms with Gasteiger partial charge in [0, 0.05) is 24.7 Å². The van der Waals surface area contributed by atoms with Crippen LogP contribution in [0.1, 0.15) is 11.1 Å². The molecule has 28 heavy (non-hydrogen) atoms. The first-order valence-corrected chi connectivity index (χ1v) is 9.99. The summed E-state index contributed by atoms with van der Waals surface area (Å²) in [4.78, 5) is 11.7. The summed E-state index contributed by atoms with van der Waals surface area (Å²) in [5.41, 5.74) is 3.91. The zero-order chi connectivity index (χ0) is 20.1. The minimum atomic E-state index is -3.92. The molecule has 0 aliphatic carbocycles. The molecule has 0 radical (unpaired) electrons. The van der Waals surface area contributed by atoms with Crippen molar-refractivity contribution in [2.75, 3.05) is 4.72 Å². The molecule has 4 aromatic rings. The Morgan fingerprint density at radius 3 is 2.61 bits per heavy atom. The summed E-state index contributed by atoms with van der Waals surface area (Å²) in [6.07, 6.45) is 0. The van der Waals surface area contributed by atoms with E-state index >= 15 is 0 Å². The summed E-state index contributed by atoms with van der Waals surface area (Å²) in [5, 5.41) is 6.91. The summed E-state index contributed by atoms with van der Waals surface area (Å²) in [6, 6.07) is 12.3. The predicted molar refractivity (Wildman–Crippen MR) is 106 cm³/mol. The standard InChI is InChI=1S/C19H18N4O4S/c1-11-6-4-5-7-13(11)14-9-18(21-20-14)22-28(25,26)17-10-16-15(8-12(17)2)23(3)19(24)27-16/h4-10H,1-3H3,(H2,20,21,22). The molecule has 0 fully saturated rings. The van der Waals surface area contributed by atoms with Gasteiger partial charge in [-0.05, 0) is 31.0 Å². The average Bonchev–Trinajstić information content (AvgIpc) is 3.20. The molecule has 0 amide bonds. The molecule has 144 valence electrons. The van der Waals surface area contributed by atoms with Gasteiger partial charge in [-0.2, -0.15) is 5.10 Å². The Balaban J connectivity index is 1.71. The van der Waals surface area contributed by atoms with E-state index in [0.717, 1.165) is 11.1 Å². The Labute approximate surface area is 160 Å². The van der Waals surface area contributed by atoms with Gasteiger partial charge in [0.1, 0.15) is 0 Å². The Morgan fingerprint density at radius 2 is 1.86 bits per heavy atom. The molecule has 0 saturated heterocycles. The SMILES string of the molecule is Cc1ccccc1-c1cc(NS(=O)(=O)c2cc3oc(=O)n(C)c3cc2C)n[nH]1. The molecule has 2 aromatic heterocycles. The van der Waals surface area contributed by atoms with E-state index in [2.05, 4.69) is 14.9 Å². The fourth-order valence-electron chi connectivity index (χ4n) is 3.13. The third-order valence-corrected chi connectivity index (χ3v) is 6.13. The van der Waals surface area contributed by atoms with Crippen molar-refractivity contribution in [3.8, 4) is 11.3 Å². The lowest BCUT2D eigenvalue weighted by Gasteiger charge is -2.08. The summed E-state index contributed by atoms with van der Waals surface area (Å²) in [5.74, 6) is -0.376. The number of nitrogens with one attached hydrogen (secondary N) is 2. The Hall–Kier alpha value is -3.33. The number of hydrogen-bond acceptors (Lipinski definition) is 5. The van der Waals surface area contributed by atoms with E-state index in [4.69, 9.17) is 4.42 Å². The summed E-state index contributed by atoms with van der Waals surface area (Å²) < 4.78 is 34.7. The number of oxazole rings is 1. The van der Waals surface area contributed by atoms with Gasteiger partial charge in [-0.25, -0.2) is 13.2 Å². The second-order valence-electron chi connectivity index (χ2n) is 6.60. The first-order valence-electron chi connectivity index (χ1n) is 8.50. The number of aryl methyl sites for hydroxylation is 3. The number of fused-ring (bicyclic) bond motifs is 1. The fraction of sp³-hybridized carbons (Fsp3) is 0.158. The lowest BCUT2D eigenvalue weighted by Crippen LogP contribution is -2.14. The maximum Gasteiger partial charge on any atom is 0.419 e. The van der Waals surface area contributed by atoms with Crippen LogP contribution in [0.4, 0.5) is 5.82 Å². The lowest BCUT2D eigenvalue weighted by molar-refractivity contribution is 0.527. The summed E-state index contributed by atoms with van der Waals surface area (Å²) in [6.45, 7) is 3.63. The van der Waals surface area contributed by atoms with E-state index in [1.54, 1.807) is 26.1 Å². The van der Waals surface area contributed by atoms with E-state index in [9.17, 15) is 13.2 Å². The molecular formula is C19H18N4O4S. The van der Waals surface area contributed by atoms with Gasteiger partial charge < -0.3 is 4.42 Å². The zero-order valence-electron chi connectivity index (χ0n) is 15.5. The molecule has 0 bridgehead atoms. The van der Waals surface area contributed by atoms with Crippen LogP contribution < -0.4 is 10.5 Å². The van der Waals surface area contributed by atoms with Gasteiger partial charge in [-0.15, -0.1) is 0 Å². The van der Waals surface area contributed by atoms with E-state index in [0.29, 0.717) is 16.8 Å². The van der Waals surface area contributed by atoms with Crippen molar-refractivity contribution < 1.29 is 12.8 Å². The number of H-pyrrole nitrogens is 1. The molecule has 0 unspecified atom stereocenters. The highest BCUT2D eigenvalue weighted by atomic mass is 32.2. The number of benzene rings is 2. The molecule has 2 N–H and O–H groups in total. The largest absolute Gasteiger partial charge is 0.419 e. The number of aromatic nitrogens is 3. The van der Waals surface area contributed by atoms with Crippen LogP contribution in [0.25, 0.3) is 22.4 Å². The highest BCUT2D eigenvalue weighted by Crippen LogP contribution is 2.27. The minimum absolute atomic E-state index is 0.0230. The van der Waals surface area contributed by atoms with Crippen molar-refractivity contribution in [2.24, 2.45) is 7.05 Å². The van der Waals surface area contributed by atoms with Gasteiger partial charge in [0.2, 0.25) is 0 Å². The van der Waals surface area contributed by atoms with Gasteiger partial charge in [-0.3, -0.25) is 14.4 Å². The zero-order valence-corrected chi connectivity index (χ0v) is 16.3. The highest BCUT2D eigenvalue weighted by Gasteiger charge is 2.21. The third kappa shape index (κ3) is 2.99.